The largest absolute Gasteiger partial charge is 0.490 e. The van der Waals surface area contributed by atoms with Crippen LogP contribution in [-0.2, 0) is 9.47 Å². The summed E-state index contributed by atoms with van der Waals surface area (Å²) in [4.78, 5) is 8.27. The van der Waals surface area contributed by atoms with E-state index < -0.39 is 5.95 Å². The Morgan fingerprint density at radius 2 is 2.03 bits per heavy atom. The Morgan fingerprint density at radius 1 is 1.28 bits per heavy atom. The van der Waals surface area contributed by atoms with E-state index in [4.69, 9.17) is 19.9 Å². The molecule has 1 aliphatic rings. The molecule has 2 heterocycles. The minimum atomic E-state index is -0.511. The van der Waals surface area contributed by atoms with Crippen LogP contribution >= 0.6 is 0 Å². The first-order valence-electron chi connectivity index (χ1n) is 11.3. The van der Waals surface area contributed by atoms with Gasteiger partial charge in [-0.05, 0) is 63.4 Å². The summed E-state index contributed by atoms with van der Waals surface area (Å²) >= 11 is 0. The Morgan fingerprint density at radius 3 is 2.69 bits per heavy atom. The molecule has 1 aliphatic heterocycles. The highest BCUT2D eigenvalue weighted by Crippen LogP contribution is 2.41. The lowest BCUT2D eigenvalue weighted by molar-refractivity contribution is 0.00592. The lowest BCUT2D eigenvalue weighted by Crippen LogP contribution is -2.28. The van der Waals surface area contributed by atoms with Crippen molar-refractivity contribution in [1.82, 2.24) is 4.98 Å². The Kier molecular flexibility index (Phi) is 9.91. The summed E-state index contributed by atoms with van der Waals surface area (Å²) in [6.45, 7) is 10.1. The van der Waals surface area contributed by atoms with Crippen molar-refractivity contribution in [2.75, 3.05) is 7.11 Å². The van der Waals surface area contributed by atoms with E-state index in [0.29, 0.717) is 12.0 Å². The third-order valence-electron chi connectivity index (χ3n) is 5.11. The molecule has 0 amide bonds. The lowest BCUT2D eigenvalue weighted by Gasteiger charge is -2.31. The van der Waals surface area contributed by atoms with Gasteiger partial charge >= 0.3 is 0 Å². The molecule has 0 spiro atoms. The third-order valence-corrected chi connectivity index (χ3v) is 5.11. The number of nitrogens with zero attached hydrogens (tertiary/aromatic N) is 2. The maximum Gasteiger partial charge on any atom is 0.282 e. The fraction of sp³-hybridized carbons (Fsp3) is 0.520. The van der Waals surface area contributed by atoms with E-state index in [1.165, 1.54) is 13.3 Å². The number of rotatable bonds is 7. The quantitative estimate of drug-likeness (QED) is 0.338. The Bertz CT molecular complexity index is 888. The highest BCUT2D eigenvalue weighted by molar-refractivity contribution is 5.72. The first-order chi connectivity index (χ1) is 15.4. The van der Waals surface area contributed by atoms with Crippen LogP contribution in [0.1, 0.15) is 65.5 Å². The molecule has 3 rings (SSSR count). The molecular weight excluding hydrogens is 409 g/mol. The number of pyridine rings is 1. The van der Waals surface area contributed by atoms with Gasteiger partial charge in [-0.15, -0.1) is 0 Å². The molecule has 1 aromatic carbocycles. The van der Waals surface area contributed by atoms with Crippen LogP contribution in [0.5, 0.6) is 5.75 Å². The van der Waals surface area contributed by atoms with E-state index in [0.717, 1.165) is 29.7 Å². The SMILES string of the molecule is CC.COC(N)=N[C@@H]1C[C@H](CC[C@H](C)OC(C)C)Oc2ccc(-c3cccnc3F)cc21. The first-order valence-corrected chi connectivity index (χ1v) is 11.3. The minimum absolute atomic E-state index is 0.0184. The van der Waals surface area contributed by atoms with Crippen LogP contribution in [-0.4, -0.2) is 36.4 Å². The van der Waals surface area contributed by atoms with Crippen LogP contribution in [0.25, 0.3) is 11.1 Å². The number of nitrogens with two attached hydrogens (primary N) is 1. The van der Waals surface area contributed by atoms with Crippen molar-refractivity contribution in [3.05, 3.63) is 48.0 Å². The van der Waals surface area contributed by atoms with Gasteiger partial charge < -0.3 is 19.9 Å². The van der Waals surface area contributed by atoms with Gasteiger partial charge in [0, 0.05) is 23.7 Å². The predicted octanol–water partition coefficient (Wildman–Crippen LogP) is 5.66. The van der Waals surface area contributed by atoms with Crippen LogP contribution < -0.4 is 10.5 Å². The van der Waals surface area contributed by atoms with Crippen molar-refractivity contribution in [1.29, 1.82) is 0 Å². The summed E-state index contributed by atoms with van der Waals surface area (Å²) in [5.41, 5.74) is 7.87. The molecule has 7 heteroatoms. The summed E-state index contributed by atoms with van der Waals surface area (Å²) in [5.74, 6) is 0.219. The van der Waals surface area contributed by atoms with Crippen molar-refractivity contribution >= 4 is 6.02 Å². The summed E-state index contributed by atoms with van der Waals surface area (Å²) in [7, 11) is 1.49. The third kappa shape index (κ3) is 6.92. The second-order valence-corrected chi connectivity index (χ2v) is 7.83. The average Bonchev–Trinajstić information content (AvgIpc) is 2.78. The molecule has 0 aliphatic carbocycles. The zero-order valence-electron chi connectivity index (χ0n) is 20.0. The normalized spacial score (nSPS) is 18.8. The van der Waals surface area contributed by atoms with Crippen molar-refractivity contribution in [2.45, 2.75) is 78.2 Å². The number of amidine groups is 1. The number of ether oxygens (including phenoxy) is 3. The van der Waals surface area contributed by atoms with Gasteiger partial charge in [-0.25, -0.2) is 9.98 Å². The summed E-state index contributed by atoms with van der Waals surface area (Å²) in [5, 5.41) is 0. The molecule has 0 saturated carbocycles. The number of benzene rings is 1. The van der Waals surface area contributed by atoms with E-state index in [1.54, 1.807) is 12.1 Å². The van der Waals surface area contributed by atoms with Crippen molar-refractivity contribution in [2.24, 2.45) is 10.7 Å². The van der Waals surface area contributed by atoms with Crippen LogP contribution in [0, 0.1) is 5.95 Å². The molecule has 32 heavy (non-hydrogen) atoms. The molecule has 0 radical (unpaired) electrons. The molecule has 0 bridgehead atoms. The van der Waals surface area contributed by atoms with Crippen LogP contribution in [0.2, 0.25) is 0 Å². The smallest absolute Gasteiger partial charge is 0.282 e. The number of fused-ring (bicyclic) bond motifs is 1. The molecule has 3 atom stereocenters. The van der Waals surface area contributed by atoms with Gasteiger partial charge in [0.25, 0.3) is 6.02 Å². The Hall–Kier alpha value is -2.67. The van der Waals surface area contributed by atoms with E-state index in [9.17, 15) is 4.39 Å². The molecular formula is C25H36FN3O3. The van der Waals surface area contributed by atoms with E-state index in [-0.39, 0.29) is 30.4 Å². The van der Waals surface area contributed by atoms with Gasteiger partial charge in [0.2, 0.25) is 5.95 Å². The van der Waals surface area contributed by atoms with Crippen molar-refractivity contribution in [3.8, 4) is 16.9 Å². The second kappa shape index (κ2) is 12.4. The van der Waals surface area contributed by atoms with Crippen LogP contribution in [0.15, 0.2) is 41.5 Å². The predicted molar refractivity (Wildman–Crippen MR) is 126 cm³/mol. The average molecular weight is 446 g/mol. The fourth-order valence-corrected chi connectivity index (χ4v) is 3.75. The topological polar surface area (TPSA) is 79.0 Å². The highest BCUT2D eigenvalue weighted by atomic mass is 19.1. The molecule has 2 N–H and O–H groups in total. The molecule has 0 fully saturated rings. The zero-order chi connectivity index (χ0) is 23.7. The van der Waals surface area contributed by atoms with Crippen molar-refractivity contribution < 1.29 is 18.6 Å². The first kappa shape index (κ1) is 25.6. The number of hydrogen-bond donors (Lipinski definition) is 1. The molecule has 6 nitrogen and oxygen atoms in total. The van der Waals surface area contributed by atoms with Gasteiger partial charge in [-0.1, -0.05) is 19.9 Å². The lowest BCUT2D eigenvalue weighted by atomic mass is 9.92. The molecule has 176 valence electrons. The van der Waals surface area contributed by atoms with Gasteiger partial charge in [-0.3, -0.25) is 0 Å². The maximum atomic E-state index is 14.2. The Labute approximate surface area is 191 Å². The maximum absolute atomic E-state index is 14.2. The Balaban J connectivity index is 0.00000176. The number of halogens is 1. The number of hydrogen-bond acceptors (Lipinski definition) is 5. The summed E-state index contributed by atoms with van der Waals surface area (Å²) in [6.07, 6.45) is 4.13. The summed E-state index contributed by atoms with van der Waals surface area (Å²) in [6, 6.07) is 8.89. The second-order valence-electron chi connectivity index (χ2n) is 7.83. The number of aromatic nitrogens is 1. The van der Waals surface area contributed by atoms with Gasteiger partial charge in [0.15, 0.2) is 0 Å². The standard InChI is InChI=1S/C23H30FN3O3.C2H6/c1-14(2)29-15(3)7-9-17-13-20(27-23(25)28-4)19-12-16(8-10-21(19)30-17)18-6-5-11-26-22(18)24;1-2/h5-6,8,10-12,14-15,17,20H,7,9,13H2,1-4H3,(H2,25,27);1-2H3/t15-,17-,20+;/m0./s1. The zero-order valence-corrected chi connectivity index (χ0v) is 20.0. The van der Waals surface area contributed by atoms with Gasteiger partial charge in [0.1, 0.15) is 11.9 Å². The van der Waals surface area contributed by atoms with E-state index in [1.807, 2.05) is 45.9 Å². The van der Waals surface area contributed by atoms with E-state index >= 15 is 0 Å². The fourth-order valence-electron chi connectivity index (χ4n) is 3.75. The van der Waals surface area contributed by atoms with E-state index in [2.05, 4.69) is 16.9 Å². The molecule has 0 saturated heterocycles. The van der Waals surface area contributed by atoms with Crippen LogP contribution in [0.4, 0.5) is 4.39 Å². The van der Waals surface area contributed by atoms with Gasteiger partial charge in [0.05, 0.1) is 25.4 Å². The molecule has 2 aromatic rings. The van der Waals surface area contributed by atoms with Crippen LogP contribution in [0.3, 0.4) is 0 Å². The highest BCUT2D eigenvalue weighted by Gasteiger charge is 2.29. The van der Waals surface area contributed by atoms with Crippen molar-refractivity contribution in [3.63, 3.8) is 0 Å². The summed E-state index contributed by atoms with van der Waals surface area (Å²) < 4.78 is 31.3. The monoisotopic (exact) mass is 445 g/mol. The number of methoxy groups -OCH3 is 1. The van der Waals surface area contributed by atoms with Gasteiger partial charge in [-0.2, -0.15) is 4.39 Å². The minimum Gasteiger partial charge on any atom is -0.490 e. The molecule has 0 unspecified atom stereocenters. The number of aliphatic imine (C=N–C) groups is 1. The molecule has 1 aromatic heterocycles.